The van der Waals surface area contributed by atoms with E-state index >= 15 is 0 Å². The van der Waals surface area contributed by atoms with Gasteiger partial charge in [-0.1, -0.05) is 6.42 Å². The lowest BCUT2D eigenvalue weighted by Crippen LogP contribution is -2.64. The van der Waals surface area contributed by atoms with Crippen molar-refractivity contribution in [2.45, 2.75) is 51.4 Å². The van der Waals surface area contributed by atoms with Crippen LogP contribution in [0, 0.1) is 59.2 Å². The topological polar surface area (TPSA) is 0 Å². The van der Waals surface area contributed by atoms with Crippen molar-refractivity contribution < 1.29 is 0 Å². The van der Waals surface area contributed by atoms with E-state index in [1.54, 1.807) is 51.4 Å². The quantitative estimate of drug-likeness (QED) is 0.592. The molecule has 6 rings (SSSR count). The minimum absolute atomic E-state index is 1.20. The van der Waals surface area contributed by atoms with Gasteiger partial charge in [-0.25, -0.2) is 0 Å². The van der Waals surface area contributed by atoms with Crippen molar-refractivity contribution >= 4 is 0 Å². The summed E-state index contributed by atoms with van der Waals surface area (Å²) < 4.78 is 0. The average molecular weight is 242 g/mol. The molecule has 0 heteroatoms. The van der Waals surface area contributed by atoms with Crippen LogP contribution in [-0.4, -0.2) is 0 Å². The molecule has 0 aromatic carbocycles. The first-order valence-electron chi connectivity index (χ1n) is 8.92. The van der Waals surface area contributed by atoms with Gasteiger partial charge in [-0.05, 0) is 104 Å². The van der Waals surface area contributed by atoms with E-state index in [1.807, 2.05) is 0 Å². The molecule has 2 bridgehead atoms. The highest BCUT2D eigenvalue weighted by Gasteiger charge is 2.66. The fraction of sp³-hybridized carbons (Fsp3) is 1.00. The van der Waals surface area contributed by atoms with Gasteiger partial charge in [0.1, 0.15) is 0 Å². The van der Waals surface area contributed by atoms with Gasteiger partial charge in [-0.15, -0.1) is 0 Å². The van der Waals surface area contributed by atoms with Gasteiger partial charge in [0.25, 0.3) is 0 Å². The number of fused-ring (bicyclic) bond motifs is 12. The SMILES string of the molecule is C1CC2C(C1)C1C3CC(CC21)C1C2CCC2C1C3. The second-order valence-corrected chi connectivity index (χ2v) is 8.87. The third kappa shape index (κ3) is 0.907. The van der Waals surface area contributed by atoms with E-state index in [0.717, 1.165) is 0 Å². The third-order valence-corrected chi connectivity index (χ3v) is 8.93. The summed E-state index contributed by atoms with van der Waals surface area (Å²) >= 11 is 0. The van der Waals surface area contributed by atoms with Gasteiger partial charge in [-0.2, -0.15) is 0 Å². The van der Waals surface area contributed by atoms with Crippen LogP contribution < -0.4 is 0 Å². The van der Waals surface area contributed by atoms with Crippen molar-refractivity contribution in [3.05, 3.63) is 0 Å². The minimum Gasteiger partial charge on any atom is -0.0527 e. The summed E-state index contributed by atoms with van der Waals surface area (Å²) in [6.45, 7) is 0. The molecule has 0 aliphatic heterocycles. The molecule has 0 N–H and O–H groups in total. The highest BCUT2D eigenvalue weighted by atomic mass is 14.7. The maximum Gasteiger partial charge on any atom is -0.0323 e. The van der Waals surface area contributed by atoms with Gasteiger partial charge in [0.15, 0.2) is 0 Å². The van der Waals surface area contributed by atoms with Gasteiger partial charge in [0.2, 0.25) is 0 Å². The van der Waals surface area contributed by atoms with Crippen LogP contribution in [0.3, 0.4) is 0 Å². The summed E-state index contributed by atoms with van der Waals surface area (Å²) in [5, 5.41) is 0. The fourth-order valence-corrected chi connectivity index (χ4v) is 8.47. The van der Waals surface area contributed by atoms with Crippen LogP contribution in [-0.2, 0) is 0 Å². The van der Waals surface area contributed by atoms with Crippen molar-refractivity contribution in [3.63, 3.8) is 0 Å². The first-order chi connectivity index (χ1) is 8.92. The summed E-state index contributed by atoms with van der Waals surface area (Å²) in [5.41, 5.74) is 0. The number of hydrogen-bond donors (Lipinski definition) is 0. The Morgan fingerprint density at radius 3 is 1.67 bits per heavy atom. The largest absolute Gasteiger partial charge is 0.0527 e. The van der Waals surface area contributed by atoms with Gasteiger partial charge in [0.05, 0.1) is 0 Å². The first kappa shape index (κ1) is 9.83. The Morgan fingerprint density at radius 1 is 0.444 bits per heavy atom. The molecule has 0 aromatic rings. The van der Waals surface area contributed by atoms with E-state index in [-0.39, 0.29) is 0 Å². The van der Waals surface area contributed by atoms with E-state index in [2.05, 4.69) is 0 Å². The Balaban J connectivity index is 1.34. The zero-order valence-corrected chi connectivity index (χ0v) is 11.4. The molecule has 0 radical (unpaired) electrons. The molecule has 6 aliphatic rings. The lowest BCUT2D eigenvalue weighted by Gasteiger charge is -2.70. The Morgan fingerprint density at radius 2 is 1.00 bits per heavy atom. The van der Waals surface area contributed by atoms with Gasteiger partial charge in [-0.3, -0.25) is 0 Å². The second-order valence-electron chi connectivity index (χ2n) is 8.87. The molecule has 0 spiro atoms. The van der Waals surface area contributed by atoms with Crippen LogP contribution in [0.15, 0.2) is 0 Å². The lowest BCUT2D eigenvalue weighted by molar-refractivity contribution is -0.219. The third-order valence-electron chi connectivity index (χ3n) is 8.93. The summed E-state index contributed by atoms with van der Waals surface area (Å²) in [4.78, 5) is 0. The van der Waals surface area contributed by atoms with E-state index in [0.29, 0.717) is 0 Å². The van der Waals surface area contributed by atoms with Crippen molar-refractivity contribution in [1.29, 1.82) is 0 Å². The number of hydrogen-bond acceptors (Lipinski definition) is 0. The molecule has 0 heterocycles. The van der Waals surface area contributed by atoms with Crippen LogP contribution in [0.4, 0.5) is 0 Å². The predicted octanol–water partition coefficient (Wildman–Crippen LogP) is 4.35. The van der Waals surface area contributed by atoms with Crippen molar-refractivity contribution in [2.24, 2.45) is 59.2 Å². The Kier molecular flexibility index (Phi) is 1.65. The second kappa shape index (κ2) is 3.01. The summed E-state index contributed by atoms with van der Waals surface area (Å²) in [5.74, 6) is 12.2. The van der Waals surface area contributed by atoms with Crippen molar-refractivity contribution in [3.8, 4) is 0 Å². The molecular formula is C18H26. The minimum atomic E-state index is 1.20. The zero-order valence-electron chi connectivity index (χ0n) is 11.4. The van der Waals surface area contributed by atoms with Crippen molar-refractivity contribution in [2.75, 3.05) is 0 Å². The average Bonchev–Trinajstić information content (AvgIpc) is 2.73. The summed E-state index contributed by atoms with van der Waals surface area (Å²) in [7, 11) is 0. The molecule has 0 nitrogen and oxygen atoms in total. The standard InChI is InChI=1S/C18H26/c1-2-11-13(3-1)17-9-6-10(7-15(11)17)18-14-5-4-12(14)16(18)8-9/h9-18H,1-8H2. The Labute approximate surface area is 111 Å². The number of rotatable bonds is 0. The maximum atomic E-state index is 1.69. The van der Waals surface area contributed by atoms with E-state index in [9.17, 15) is 0 Å². The molecule has 6 saturated carbocycles. The zero-order chi connectivity index (χ0) is 11.4. The van der Waals surface area contributed by atoms with Gasteiger partial charge in [0, 0.05) is 0 Å². The van der Waals surface area contributed by atoms with Crippen molar-refractivity contribution in [1.82, 2.24) is 0 Å². The predicted molar refractivity (Wildman–Crippen MR) is 71.8 cm³/mol. The molecule has 0 aromatic heterocycles. The van der Waals surface area contributed by atoms with E-state index in [4.69, 9.17) is 0 Å². The monoisotopic (exact) mass is 242 g/mol. The molecule has 0 saturated heterocycles. The smallest absolute Gasteiger partial charge is 0.0323 e. The molecule has 6 fully saturated rings. The van der Waals surface area contributed by atoms with Crippen LogP contribution in [0.25, 0.3) is 0 Å². The van der Waals surface area contributed by atoms with Gasteiger partial charge >= 0.3 is 0 Å². The Hall–Kier alpha value is 0. The molecule has 10 atom stereocenters. The maximum absolute atomic E-state index is 1.69. The molecule has 98 valence electrons. The molecule has 18 heavy (non-hydrogen) atoms. The van der Waals surface area contributed by atoms with Crippen LogP contribution in [0.5, 0.6) is 0 Å². The molecule has 10 unspecified atom stereocenters. The Bertz CT molecular complexity index is 399. The van der Waals surface area contributed by atoms with Crippen LogP contribution >= 0.6 is 0 Å². The molecular weight excluding hydrogens is 216 g/mol. The van der Waals surface area contributed by atoms with Crippen LogP contribution in [0.2, 0.25) is 0 Å². The fourth-order valence-electron chi connectivity index (χ4n) is 8.47. The molecule has 0 amide bonds. The summed E-state index contributed by atoms with van der Waals surface area (Å²) in [6.07, 6.45) is 13.1. The van der Waals surface area contributed by atoms with Gasteiger partial charge < -0.3 is 0 Å². The lowest BCUT2D eigenvalue weighted by atomic mass is 9.34. The molecule has 6 aliphatic carbocycles. The first-order valence-corrected chi connectivity index (χ1v) is 8.92. The normalized spacial score (nSPS) is 70.7. The van der Waals surface area contributed by atoms with Crippen LogP contribution in [0.1, 0.15) is 51.4 Å². The summed E-state index contributed by atoms with van der Waals surface area (Å²) in [6, 6.07) is 0. The van der Waals surface area contributed by atoms with E-state index in [1.165, 1.54) is 59.2 Å². The highest BCUT2D eigenvalue weighted by Crippen LogP contribution is 2.73. The highest BCUT2D eigenvalue weighted by molar-refractivity contribution is 5.14. The van der Waals surface area contributed by atoms with E-state index < -0.39 is 0 Å².